The number of hydrogen-bond donors (Lipinski definition) is 1. The highest BCUT2D eigenvalue weighted by atomic mass is 16.5. The van der Waals surface area contributed by atoms with Gasteiger partial charge in [0.05, 0.1) is 7.11 Å². The molecule has 0 heterocycles. The minimum atomic E-state index is -1.13. The number of benzene rings is 1. The van der Waals surface area contributed by atoms with Gasteiger partial charge in [-0.05, 0) is 31.0 Å². The van der Waals surface area contributed by atoms with Crippen molar-refractivity contribution < 1.29 is 14.3 Å². The predicted octanol–water partition coefficient (Wildman–Crippen LogP) is 1.52. The largest absolute Gasteiger partial charge is 0.491 e. The Kier molecular flexibility index (Phi) is 4.52. The van der Waals surface area contributed by atoms with E-state index in [4.69, 9.17) is 10.5 Å². The van der Waals surface area contributed by atoms with Crippen LogP contribution >= 0.6 is 0 Å². The first-order valence-electron chi connectivity index (χ1n) is 5.58. The zero-order chi connectivity index (χ0) is 12.9. The Morgan fingerprint density at radius 3 is 2.41 bits per heavy atom. The Morgan fingerprint density at radius 2 is 1.94 bits per heavy atom. The summed E-state index contributed by atoms with van der Waals surface area (Å²) >= 11 is 0. The summed E-state index contributed by atoms with van der Waals surface area (Å²) in [7, 11) is 1.31. The Morgan fingerprint density at radius 1 is 1.35 bits per heavy atom. The standard InChI is InChI=1S/C13H19NO3/c1-4-10-5-7-11(8-6-10)17-9-13(2,14)12(15)16-3/h5-8H,4,9,14H2,1-3H3. The zero-order valence-corrected chi connectivity index (χ0v) is 10.5. The third kappa shape index (κ3) is 3.75. The Bertz CT molecular complexity index is 371. The summed E-state index contributed by atoms with van der Waals surface area (Å²) in [5, 5.41) is 0. The van der Waals surface area contributed by atoms with Gasteiger partial charge in [0.2, 0.25) is 0 Å². The van der Waals surface area contributed by atoms with E-state index in [1.54, 1.807) is 6.92 Å². The highest BCUT2D eigenvalue weighted by Crippen LogP contribution is 2.14. The third-order valence-corrected chi connectivity index (χ3v) is 2.52. The summed E-state index contributed by atoms with van der Waals surface area (Å²) < 4.78 is 10.1. The average Bonchev–Trinajstić information content (AvgIpc) is 2.36. The van der Waals surface area contributed by atoms with Gasteiger partial charge in [0, 0.05) is 0 Å². The molecule has 4 nitrogen and oxygen atoms in total. The van der Waals surface area contributed by atoms with Crippen LogP contribution in [0, 0.1) is 0 Å². The number of aryl methyl sites for hydroxylation is 1. The molecule has 0 aliphatic heterocycles. The van der Waals surface area contributed by atoms with E-state index in [0.717, 1.165) is 6.42 Å². The number of carbonyl (C=O) groups is 1. The van der Waals surface area contributed by atoms with Gasteiger partial charge in [-0.15, -0.1) is 0 Å². The number of carbonyl (C=O) groups excluding carboxylic acids is 1. The maximum absolute atomic E-state index is 11.3. The lowest BCUT2D eigenvalue weighted by molar-refractivity contribution is -0.147. The molecule has 17 heavy (non-hydrogen) atoms. The van der Waals surface area contributed by atoms with Gasteiger partial charge < -0.3 is 15.2 Å². The zero-order valence-electron chi connectivity index (χ0n) is 10.5. The van der Waals surface area contributed by atoms with Crippen LogP contribution in [0.3, 0.4) is 0 Å². The number of hydrogen-bond acceptors (Lipinski definition) is 4. The van der Waals surface area contributed by atoms with Gasteiger partial charge in [-0.3, -0.25) is 0 Å². The fraction of sp³-hybridized carbons (Fsp3) is 0.462. The van der Waals surface area contributed by atoms with Crippen LogP contribution in [0.5, 0.6) is 5.75 Å². The van der Waals surface area contributed by atoms with Crippen molar-refractivity contribution in [1.29, 1.82) is 0 Å². The van der Waals surface area contributed by atoms with Crippen molar-refractivity contribution in [3.05, 3.63) is 29.8 Å². The van der Waals surface area contributed by atoms with Gasteiger partial charge >= 0.3 is 5.97 Å². The van der Waals surface area contributed by atoms with Crippen LogP contribution in [-0.4, -0.2) is 25.2 Å². The molecule has 0 saturated heterocycles. The topological polar surface area (TPSA) is 61.5 Å². The van der Waals surface area contributed by atoms with E-state index in [1.165, 1.54) is 12.7 Å². The monoisotopic (exact) mass is 237 g/mol. The molecule has 0 aromatic heterocycles. The van der Waals surface area contributed by atoms with E-state index in [-0.39, 0.29) is 6.61 Å². The molecule has 94 valence electrons. The highest BCUT2D eigenvalue weighted by molar-refractivity contribution is 5.80. The molecule has 1 aromatic rings. The van der Waals surface area contributed by atoms with Crippen molar-refractivity contribution in [2.45, 2.75) is 25.8 Å². The second-order valence-corrected chi connectivity index (χ2v) is 4.20. The molecule has 0 radical (unpaired) electrons. The predicted molar refractivity (Wildman–Crippen MR) is 65.9 cm³/mol. The van der Waals surface area contributed by atoms with Crippen molar-refractivity contribution in [1.82, 2.24) is 0 Å². The minimum absolute atomic E-state index is 0.0884. The number of rotatable bonds is 5. The molecule has 1 rings (SSSR count). The SMILES string of the molecule is CCc1ccc(OCC(C)(N)C(=O)OC)cc1. The van der Waals surface area contributed by atoms with Crippen molar-refractivity contribution >= 4 is 5.97 Å². The molecule has 0 aliphatic carbocycles. The van der Waals surface area contributed by atoms with Crippen molar-refractivity contribution in [2.24, 2.45) is 5.73 Å². The number of ether oxygens (including phenoxy) is 2. The Labute approximate surface area is 102 Å². The smallest absolute Gasteiger partial charge is 0.329 e. The van der Waals surface area contributed by atoms with E-state index in [0.29, 0.717) is 5.75 Å². The van der Waals surface area contributed by atoms with Gasteiger partial charge in [0.15, 0.2) is 0 Å². The quantitative estimate of drug-likeness (QED) is 0.789. The van der Waals surface area contributed by atoms with Gasteiger partial charge in [-0.2, -0.15) is 0 Å². The molecule has 0 bridgehead atoms. The molecule has 0 fully saturated rings. The summed E-state index contributed by atoms with van der Waals surface area (Å²) in [6.07, 6.45) is 0.983. The second kappa shape index (κ2) is 5.68. The molecule has 0 saturated carbocycles. The summed E-state index contributed by atoms with van der Waals surface area (Å²) in [5.41, 5.74) is 5.89. The molecule has 0 aliphatic rings. The van der Waals surface area contributed by atoms with Gasteiger partial charge in [0.1, 0.15) is 17.9 Å². The van der Waals surface area contributed by atoms with E-state index < -0.39 is 11.5 Å². The molecule has 1 unspecified atom stereocenters. The van der Waals surface area contributed by atoms with Crippen LogP contribution < -0.4 is 10.5 Å². The summed E-state index contributed by atoms with van der Waals surface area (Å²) in [5.74, 6) is 0.213. The summed E-state index contributed by atoms with van der Waals surface area (Å²) in [6.45, 7) is 3.76. The first kappa shape index (κ1) is 13.5. The lowest BCUT2D eigenvalue weighted by Gasteiger charge is -2.21. The Hall–Kier alpha value is -1.55. The lowest BCUT2D eigenvalue weighted by atomic mass is 10.1. The van der Waals surface area contributed by atoms with Crippen LogP contribution in [0.25, 0.3) is 0 Å². The van der Waals surface area contributed by atoms with Crippen molar-refractivity contribution in [3.8, 4) is 5.75 Å². The molecule has 0 amide bonds. The van der Waals surface area contributed by atoms with E-state index in [1.807, 2.05) is 24.3 Å². The second-order valence-electron chi connectivity index (χ2n) is 4.20. The van der Waals surface area contributed by atoms with Crippen LogP contribution in [0.2, 0.25) is 0 Å². The van der Waals surface area contributed by atoms with Gasteiger partial charge in [-0.25, -0.2) is 4.79 Å². The van der Waals surface area contributed by atoms with Crippen molar-refractivity contribution in [2.75, 3.05) is 13.7 Å². The Balaban J connectivity index is 2.57. The van der Waals surface area contributed by atoms with Gasteiger partial charge in [-0.1, -0.05) is 19.1 Å². The van der Waals surface area contributed by atoms with Crippen LogP contribution in [0.1, 0.15) is 19.4 Å². The number of methoxy groups -OCH3 is 1. The average molecular weight is 237 g/mol. The van der Waals surface area contributed by atoms with E-state index in [9.17, 15) is 4.79 Å². The van der Waals surface area contributed by atoms with Gasteiger partial charge in [0.25, 0.3) is 0 Å². The molecule has 2 N–H and O–H groups in total. The molecule has 4 heteroatoms. The third-order valence-electron chi connectivity index (χ3n) is 2.52. The maximum atomic E-state index is 11.3. The number of nitrogens with two attached hydrogens (primary N) is 1. The molecule has 0 spiro atoms. The summed E-state index contributed by atoms with van der Waals surface area (Å²) in [6, 6.07) is 7.71. The molecular formula is C13H19NO3. The molecule has 1 aromatic carbocycles. The van der Waals surface area contributed by atoms with Crippen molar-refractivity contribution in [3.63, 3.8) is 0 Å². The first-order valence-corrected chi connectivity index (χ1v) is 5.58. The molecule has 1 atom stereocenters. The fourth-order valence-corrected chi connectivity index (χ4v) is 1.35. The summed E-state index contributed by atoms with van der Waals surface area (Å²) in [4.78, 5) is 11.3. The molecular weight excluding hydrogens is 218 g/mol. The first-order chi connectivity index (χ1) is 7.99. The minimum Gasteiger partial charge on any atom is -0.491 e. The fourth-order valence-electron chi connectivity index (χ4n) is 1.35. The van der Waals surface area contributed by atoms with Crippen LogP contribution in [0.4, 0.5) is 0 Å². The normalized spacial score (nSPS) is 13.9. The lowest BCUT2D eigenvalue weighted by Crippen LogP contribution is -2.50. The number of esters is 1. The highest BCUT2D eigenvalue weighted by Gasteiger charge is 2.30. The van der Waals surface area contributed by atoms with Crippen LogP contribution in [-0.2, 0) is 16.0 Å². The van der Waals surface area contributed by atoms with E-state index in [2.05, 4.69) is 11.7 Å². The van der Waals surface area contributed by atoms with Crippen LogP contribution in [0.15, 0.2) is 24.3 Å². The maximum Gasteiger partial charge on any atom is 0.329 e. The van der Waals surface area contributed by atoms with E-state index >= 15 is 0 Å².